The summed E-state index contributed by atoms with van der Waals surface area (Å²) in [7, 11) is 0. The lowest BCUT2D eigenvalue weighted by molar-refractivity contribution is 0.174. The minimum atomic E-state index is 0.370. The first-order chi connectivity index (χ1) is 9.92. The molecule has 1 heterocycles. The fourth-order valence-corrected chi connectivity index (χ4v) is 3.28. The van der Waals surface area contributed by atoms with Gasteiger partial charge in [-0.1, -0.05) is 51.0 Å². The van der Waals surface area contributed by atoms with Gasteiger partial charge < -0.3 is 9.47 Å². The van der Waals surface area contributed by atoms with Crippen molar-refractivity contribution in [3.8, 4) is 11.5 Å². The fraction of sp³-hybridized carbons (Fsp3) is 0.611. The summed E-state index contributed by atoms with van der Waals surface area (Å²) in [4.78, 5) is 0. The molecule has 1 saturated carbocycles. The van der Waals surface area contributed by atoms with Crippen molar-refractivity contribution in [1.29, 1.82) is 0 Å². The third kappa shape index (κ3) is 3.68. The summed E-state index contributed by atoms with van der Waals surface area (Å²) >= 11 is 0. The molecule has 0 saturated heterocycles. The third-order valence-corrected chi connectivity index (χ3v) is 4.45. The van der Waals surface area contributed by atoms with E-state index in [9.17, 15) is 0 Å². The summed E-state index contributed by atoms with van der Waals surface area (Å²) in [6.45, 7) is 0.370. The van der Waals surface area contributed by atoms with Gasteiger partial charge in [0.2, 0.25) is 6.79 Å². The second-order valence-electron chi connectivity index (χ2n) is 6.09. The van der Waals surface area contributed by atoms with E-state index in [0.29, 0.717) is 6.79 Å². The second-order valence-corrected chi connectivity index (χ2v) is 6.09. The molecule has 1 aliphatic heterocycles. The van der Waals surface area contributed by atoms with Gasteiger partial charge in [0.05, 0.1) is 0 Å². The Kier molecular flexibility index (Phi) is 4.83. The molecule has 0 N–H and O–H groups in total. The number of hydrogen-bond acceptors (Lipinski definition) is 2. The third-order valence-electron chi connectivity index (χ3n) is 4.45. The standard InChI is InChI=1S/C18H25O2/c1-2-4-6-8-15(9-7-5-3-1)12-16-10-11-17-18(13-16)20-14-19-17/h10-11,13H,1-9,12,14H2. The van der Waals surface area contributed by atoms with Crippen LogP contribution in [0.15, 0.2) is 18.2 Å². The van der Waals surface area contributed by atoms with Crippen LogP contribution in [0.25, 0.3) is 0 Å². The minimum Gasteiger partial charge on any atom is -0.454 e. The molecule has 0 unspecified atom stereocenters. The highest BCUT2D eigenvalue weighted by molar-refractivity contribution is 5.45. The summed E-state index contributed by atoms with van der Waals surface area (Å²) in [5.74, 6) is 3.54. The maximum Gasteiger partial charge on any atom is 0.231 e. The molecule has 1 aromatic rings. The number of ether oxygens (including phenoxy) is 2. The van der Waals surface area contributed by atoms with Crippen molar-refractivity contribution in [3.63, 3.8) is 0 Å². The highest BCUT2D eigenvalue weighted by Crippen LogP contribution is 2.34. The van der Waals surface area contributed by atoms with Crippen molar-refractivity contribution in [2.24, 2.45) is 0 Å². The molecule has 0 atom stereocenters. The first-order valence-electron chi connectivity index (χ1n) is 8.14. The van der Waals surface area contributed by atoms with E-state index in [0.717, 1.165) is 17.9 Å². The Labute approximate surface area is 122 Å². The van der Waals surface area contributed by atoms with E-state index in [4.69, 9.17) is 9.47 Å². The van der Waals surface area contributed by atoms with Crippen LogP contribution in [0.2, 0.25) is 0 Å². The summed E-state index contributed by atoms with van der Waals surface area (Å²) < 4.78 is 10.9. The molecular formula is C18H25O2. The summed E-state index contributed by atoms with van der Waals surface area (Å²) in [5.41, 5.74) is 1.38. The van der Waals surface area contributed by atoms with Crippen LogP contribution < -0.4 is 9.47 Å². The molecule has 3 rings (SSSR count). The number of hydrogen-bond donors (Lipinski definition) is 0. The molecule has 0 spiro atoms. The molecule has 1 aromatic carbocycles. The van der Waals surface area contributed by atoms with Gasteiger partial charge in [-0.15, -0.1) is 0 Å². The Morgan fingerprint density at radius 3 is 2.15 bits per heavy atom. The van der Waals surface area contributed by atoms with Crippen LogP contribution in [-0.4, -0.2) is 6.79 Å². The highest BCUT2D eigenvalue weighted by Gasteiger charge is 2.16. The Hall–Kier alpha value is -1.18. The normalized spacial score (nSPS) is 20.8. The van der Waals surface area contributed by atoms with Gasteiger partial charge in [-0.05, 0) is 42.9 Å². The Morgan fingerprint density at radius 2 is 1.40 bits per heavy atom. The predicted molar refractivity (Wildman–Crippen MR) is 81.1 cm³/mol. The lowest BCUT2D eigenvalue weighted by Crippen LogP contribution is -2.04. The van der Waals surface area contributed by atoms with Crippen LogP contribution in [-0.2, 0) is 6.42 Å². The molecule has 1 aliphatic carbocycles. The van der Waals surface area contributed by atoms with Gasteiger partial charge in [-0.3, -0.25) is 0 Å². The number of fused-ring (bicyclic) bond motifs is 1. The lowest BCUT2D eigenvalue weighted by Gasteiger charge is -2.18. The lowest BCUT2D eigenvalue weighted by atomic mass is 9.87. The maximum absolute atomic E-state index is 5.48. The van der Waals surface area contributed by atoms with Crippen LogP contribution in [0, 0.1) is 5.92 Å². The van der Waals surface area contributed by atoms with E-state index in [1.807, 2.05) is 0 Å². The highest BCUT2D eigenvalue weighted by atomic mass is 16.7. The molecule has 0 aromatic heterocycles. The zero-order valence-corrected chi connectivity index (χ0v) is 12.3. The van der Waals surface area contributed by atoms with Crippen molar-refractivity contribution in [1.82, 2.24) is 0 Å². The summed E-state index contributed by atoms with van der Waals surface area (Å²) in [6, 6.07) is 6.41. The van der Waals surface area contributed by atoms with Gasteiger partial charge >= 0.3 is 0 Å². The van der Waals surface area contributed by atoms with Crippen molar-refractivity contribution in [3.05, 3.63) is 29.7 Å². The maximum atomic E-state index is 5.48. The summed E-state index contributed by atoms with van der Waals surface area (Å²) in [6.07, 6.45) is 13.6. The molecule has 109 valence electrons. The van der Waals surface area contributed by atoms with Crippen LogP contribution in [0.5, 0.6) is 11.5 Å². The van der Waals surface area contributed by atoms with E-state index in [1.54, 1.807) is 5.92 Å². The van der Waals surface area contributed by atoms with Gasteiger partial charge in [0, 0.05) is 0 Å². The summed E-state index contributed by atoms with van der Waals surface area (Å²) in [5, 5.41) is 0. The van der Waals surface area contributed by atoms with E-state index in [2.05, 4.69) is 18.2 Å². The van der Waals surface area contributed by atoms with Crippen LogP contribution in [0.3, 0.4) is 0 Å². The Balaban J connectivity index is 1.59. The zero-order chi connectivity index (χ0) is 13.6. The van der Waals surface area contributed by atoms with Crippen molar-refractivity contribution in [2.75, 3.05) is 6.79 Å². The molecule has 2 heteroatoms. The fourth-order valence-electron chi connectivity index (χ4n) is 3.28. The molecule has 1 radical (unpaired) electrons. The molecule has 2 aliphatic rings. The smallest absolute Gasteiger partial charge is 0.231 e. The van der Waals surface area contributed by atoms with Gasteiger partial charge in [0.15, 0.2) is 11.5 Å². The van der Waals surface area contributed by atoms with Crippen LogP contribution in [0.1, 0.15) is 63.4 Å². The molecule has 1 fully saturated rings. The van der Waals surface area contributed by atoms with Crippen LogP contribution in [0.4, 0.5) is 0 Å². The largest absolute Gasteiger partial charge is 0.454 e. The average Bonchev–Trinajstić information content (AvgIpc) is 2.93. The monoisotopic (exact) mass is 273 g/mol. The van der Waals surface area contributed by atoms with E-state index < -0.39 is 0 Å². The molecule has 2 nitrogen and oxygen atoms in total. The van der Waals surface area contributed by atoms with Crippen molar-refractivity contribution >= 4 is 0 Å². The van der Waals surface area contributed by atoms with Gasteiger partial charge in [-0.25, -0.2) is 0 Å². The topological polar surface area (TPSA) is 18.5 Å². The first kappa shape index (κ1) is 13.8. The Morgan fingerprint density at radius 1 is 0.750 bits per heavy atom. The van der Waals surface area contributed by atoms with Gasteiger partial charge in [-0.2, -0.15) is 0 Å². The van der Waals surface area contributed by atoms with Crippen LogP contribution >= 0.6 is 0 Å². The quantitative estimate of drug-likeness (QED) is 0.750. The molecular weight excluding hydrogens is 248 g/mol. The first-order valence-corrected chi connectivity index (χ1v) is 8.14. The Bertz CT molecular complexity index is 417. The minimum absolute atomic E-state index is 0.370. The van der Waals surface area contributed by atoms with E-state index >= 15 is 0 Å². The number of rotatable bonds is 2. The van der Waals surface area contributed by atoms with Crippen molar-refractivity contribution in [2.45, 2.75) is 64.2 Å². The molecule has 0 bridgehead atoms. The predicted octanol–water partition coefficient (Wildman–Crippen LogP) is 5.06. The molecule has 0 amide bonds. The average molecular weight is 273 g/mol. The second kappa shape index (κ2) is 7.01. The molecule has 20 heavy (non-hydrogen) atoms. The van der Waals surface area contributed by atoms with E-state index in [1.165, 1.54) is 63.4 Å². The van der Waals surface area contributed by atoms with Gasteiger partial charge in [0.25, 0.3) is 0 Å². The van der Waals surface area contributed by atoms with Gasteiger partial charge in [0.1, 0.15) is 0 Å². The zero-order valence-electron chi connectivity index (χ0n) is 12.3. The van der Waals surface area contributed by atoms with Crippen molar-refractivity contribution < 1.29 is 9.47 Å². The van der Waals surface area contributed by atoms with E-state index in [-0.39, 0.29) is 0 Å². The SMILES string of the molecule is c1cc2c(cc1C[C]1CCCCCCCCC1)OCO2. The number of benzene rings is 1.